The maximum Gasteiger partial charge on any atom is 0.174 e. The summed E-state index contributed by atoms with van der Waals surface area (Å²) < 4.78 is 2.15. The van der Waals surface area contributed by atoms with Gasteiger partial charge in [-0.25, -0.2) is 0 Å². The number of pyridine rings is 2. The molecule has 32 heavy (non-hydrogen) atoms. The van der Waals surface area contributed by atoms with Crippen LogP contribution < -0.4 is 10.2 Å². The molecule has 1 fully saturated rings. The van der Waals surface area contributed by atoms with E-state index in [0.29, 0.717) is 22.4 Å². The molecule has 8 heteroatoms. The standard InChI is InChI=1S/C24H20ClN5OS/c25-16-9-10-21(31)20(14-16)30-23(22(28-24(30)32)18-7-2-4-12-27-18)19-8-5-13-29(19)15-17-6-1-3-11-26-17/h1-14,22-23,31H,15H2,(H,28,32)/t22-,23+/m1/s1. The molecule has 1 aromatic carbocycles. The molecule has 0 aliphatic carbocycles. The van der Waals surface area contributed by atoms with Crippen molar-refractivity contribution in [2.24, 2.45) is 0 Å². The number of hydrogen-bond acceptors (Lipinski definition) is 4. The van der Waals surface area contributed by atoms with Crippen LogP contribution in [0.5, 0.6) is 5.75 Å². The van der Waals surface area contributed by atoms with Gasteiger partial charge < -0.3 is 19.9 Å². The predicted molar refractivity (Wildman–Crippen MR) is 129 cm³/mol. The lowest BCUT2D eigenvalue weighted by Crippen LogP contribution is -2.30. The zero-order chi connectivity index (χ0) is 22.1. The molecule has 6 nitrogen and oxygen atoms in total. The van der Waals surface area contributed by atoms with E-state index in [1.54, 1.807) is 30.6 Å². The van der Waals surface area contributed by atoms with Gasteiger partial charge in [0.15, 0.2) is 5.11 Å². The topological polar surface area (TPSA) is 66.2 Å². The van der Waals surface area contributed by atoms with Crippen molar-refractivity contribution in [3.05, 3.63) is 107 Å². The van der Waals surface area contributed by atoms with Gasteiger partial charge in [0.1, 0.15) is 11.8 Å². The highest BCUT2D eigenvalue weighted by Gasteiger charge is 2.42. The Morgan fingerprint density at radius 3 is 2.56 bits per heavy atom. The average Bonchev–Trinajstić information content (AvgIpc) is 3.40. The van der Waals surface area contributed by atoms with Crippen LogP contribution in [-0.4, -0.2) is 24.8 Å². The molecule has 0 spiro atoms. The highest BCUT2D eigenvalue weighted by atomic mass is 35.5. The fraction of sp³-hybridized carbons (Fsp3) is 0.125. The molecular formula is C24H20ClN5OS. The van der Waals surface area contributed by atoms with Gasteiger partial charge in [0.05, 0.1) is 29.7 Å². The Morgan fingerprint density at radius 2 is 1.81 bits per heavy atom. The van der Waals surface area contributed by atoms with Crippen LogP contribution in [0.15, 0.2) is 85.3 Å². The van der Waals surface area contributed by atoms with Crippen molar-refractivity contribution in [3.8, 4) is 5.75 Å². The molecule has 1 saturated heterocycles. The minimum absolute atomic E-state index is 0.105. The summed E-state index contributed by atoms with van der Waals surface area (Å²) in [4.78, 5) is 11.0. The second-order valence-corrected chi connectivity index (χ2v) is 8.33. The minimum Gasteiger partial charge on any atom is -0.506 e. The molecule has 4 aromatic rings. The second kappa shape index (κ2) is 8.61. The molecule has 160 valence electrons. The van der Waals surface area contributed by atoms with Crippen LogP contribution in [0.2, 0.25) is 5.02 Å². The van der Waals surface area contributed by atoms with E-state index in [2.05, 4.69) is 25.9 Å². The van der Waals surface area contributed by atoms with Crippen LogP contribution in [0, 0.1) is 0 Å². The maximum atomic E-state index is 10.7. The molecule has 3 aromatic heterocycles. The summed E-state index contributed by atoms with van der Waals surface area (Å²) >= 11 is 12.0. The first-order valence-electron chi connectivity index (χ1n) is 10.2. The van der Waals surface area contributed by atoms with Crippen molar-refractivity contribution in [1.82, 2.24) is 19.9 Å². The highest BCUT2D eigenvalue weighted by molar-refractivity contribution is 7.80. The Balaban J connectivity index is 1.63. The van der Waals surface area contributed by atoms with Gasteiger partial charge in [0.25, 0.3) is 0 Å². The van der Waals surface area contributed by atoms with Crippen molar-refractivity contribution in [2.75, 3.05) is 4.90 Å². The quantitative estimate of drug-likeness (QED) is 0.414. The van der Waals surface area contributed by atoms with E-state index in [1.165, 1.54) is 0 Å². The molecule has 1 aliphatic heterocycles. The molecular weight excluding hydrogens is 442 g/mol. The van der Waals surface area contributed by atoms with E-state index in [4.69, 9.17) is 23.8 Å². The number of halogens is 1. The van der Waals surface area contributed by atoms with E-state index in [9.17, 15) is 5.11 Å². The summed E-state index contributed by atoms with van der Waals surface area (Å²) in [5.74, 6) is 0.105. The fourth-order valence-electron chi connectivity index (χ4n) is 4.11. The lowest BCUT2D eigenvalue weighted by Gasteiger charge is -2.29. The Labute approximate surface area is 196 Å². The monoisotopic (exact) mass is 461 g/mol. The number of aromatic hydroxyl groups is 1. The van der Waals surface area contributed by atoms with Gasteiger partial charge >= 0.3 is 0 Å². The van der Waals surface area contributed by atoms with E-state index in [0.717, 1.165) is 17.1 Å². The van der Waals surface area contributed by atoms with Crippen molar-refractivity contribution in [2.45, 2.75) is 18.6 Å². The molecule has 0 bridgehead atoms. The first-order chi connectivity index (χ1) is 15.6. The lowest BCUT2D eigenvalue weighted by atomic mass is 10.0. The third kappa shape index (κ3) is 3.81. The van der Waals surface area contributed by atoms with Gasteiger partial charge in [-0.1, -0.05) is 23.7 Å². The first-order valence-corrected chi connectivity index (χ1v) is 10.9. The molecule has 2 N–H and O–H groups in total. The Hall–Kier alpha value is -3.42. The Bertz CT molecular complexity index is 1250. The van der Waals surface area contributed by atoms with E-state index in [-0.39, 0.29) is 17.8 Å². The van der Waals surface area contributed by atoms with Crippen LogP contribution in [0.3, 0.4) is 0 Å². The number of aromatic nitrogens is 3. The van der Waals surface area contributed by atoms with Gasteiger partial charge in [-0.05, 0) is 66.8 Å². The summed E-state index contributed by atoms with van der Waals surface area (Å²) in [5.41, 5.74) is 3.36. The van der Waals surface area contributed by atoms with Crippen LogP contribution in [-0.2, 0) is 6.54 Å². The average molecular weight is 462 g/mol. The summed E-state index contributed by atoms with van der Waals surface area (Å²) in [5, 5.41) is 15.1. The largest absolute Gasteiger partial charge is 0.506 e. The summed E-state index contributed by atoms with van der Waals surface area (Å²) in [6.07, 6.45) is 5.58. The number of hydrogen-bond donors (Lipinski definition) is 2. The van der Waals surface area contributed by atoms with Crippen LogP contribution in [0.25, 0.3) is 0 Å². The van der Waals surface area contributed by atoms with Crippen LogP contribution in [0.1, 0.15) is 29.2 Å². The molecule has 2 atom stereocenters. The zero-order valence-corrected chi connectivity index (χ0v) is 18.5. The number of benzene rings is 1. The van der Waals surface area contributed by atoms with Crippen molar-refractivity contribution in [1.29, 1.82) is 0 Å². The normalized spacial score (nSPS) is 18.0. The van der Waals surface area contributed by atoms with Gasteiger partial charge in [-0.15, -0.1) is 0 Å². The Kier molecular flexibility index (Phi) is 5.51. The summed E-state index contributed by atoms with van der Waals surface area (Å²) in [6, 6.07) is 20.2. The number of phenols is 1. The fourth-order valence-corrected chi connectivity index (χ4v) is 4.62. The van der Waals surface area contributed by atoms with Crippen molar-refractivity contribution >= 4 is 34.6 Å². The second-order valence-electron chi connectivity index (χ2n) is 7.51. The molecule has 0 unspecified atom stereocenters. The van der Waals surface area contributed by atoms with E-state index < -0.39 is 0 Å². The molecule has 1 aliphatic rings. The molecule has 0 radical (unpaired) electrons. The molecule has 4 heterocycles. The van der Waals surface area contributed by atoms with Gasteiger partial charge in [0.2, 0.25) is 0 Å². The summed E-state index contributed by atoms with van der Waals surface area (Å²) in [6.45, 7) is 0.608. The maximum absolute atomic E-state index is 10.7. The number of thiocarbonyl (C=S) groups is 1. The van der Waals surface area contributed by atoms with Gasteiger partial charge in [0, 0.05) is 29.3 Å². The van der Waals surface area contributed by atoms with Crippen molar-refractivity contribution < 1.29 is 5.11 Å². The highest BCUT2D eigenvalue weighted by Crippen LogP contribution is 2.45. The van der Waals surface area contributed by atoms with Gasteiger partial charge in [-0.2, -0.15) is 0 Å². The van der Waals surface area contributed by atoms with Crippen LogP contribution >= 0.6 is 23.8 Å². The minimum atomic E-state index is -0.263. The molecule has 5 rings (SSSR count). The summed E-state index contributed by atoms with van der Waals surface area (Å²) in [7, 11) is 0. The van der Waals surface area contributed by atoms with E-state index in [1.807, 2.05) is 53.6 Å². The number of nitrogens with one attached hydrogen (secondary N) is 1. The number of anilines is 1. The molecule has 0 saturated carbocycles. The Morgan fingerprint density at radius 1 is 1.00 bits per heavy atom. The zero-order valence-electron chi connectivity index (χ0n) is 17.0. The number of rotatable bonds is 5. The SMILES string of the molecule is Oc1ccc(Cl)cc1N1C(=S)N[C@H](c2ccccn2)[C@@H]1c1cccn1Cc1ccccn1. The predicted octanol–water partition coefficient (Wildman–Crippen LogP) is 4.86. The van der Waals surface area contributed by atoms with Gasteiger partial charge in [-0.3, -0.25) is 9.97 Å². The third-order valence-corrected chi connectivity index (χ3v) is 6.07. The number of phenolic OH excluding ortho intramolecular Hbond substituents is 1. The van der Waals surface area contributed by atoms with Crippen molar-refractivity contribution in [3.63, 3.8) is 0 Å². The van der Waals surface area contributed by atoms with Crippen LogP contribution in [0.4, 0.5) is 5.69 Å². The number of nitrogens with zero attached hydrogens (tertiary/aromatic N) is 4. The third-order valence-electron chi connectivity index (χ3n) is 5.52. The lowest BCUT2D eigenvalue weighted by molar-refractivity contribution is 0.471. The van der Waals surface area contributed by atoms with E-state index >= 15 is 0 Å². The smallest absolute Gasteiger partial charge is 0.174 e. The molecule has 0 amide bonds. The first kappa shape index (κ1) is 20.5.